The van der Waals surface area contributed by atoms with Gasteiger partial charge in [0, 0.05) is 25.7 Å². The van der Waals surface area contributed by atoms with Gasteiger partial charge in [0.15, 0.2) is 10.4 Å². The molecule has 1 saturated carbocycles. The van der Waals surface area contributed by atoms with Gasteiger partial charge in [-0.05, 0) is 47.3 Å². The van der Waals surface area contributed by atoms with Crippen LogP contribution in [-0.4, -0.2) is 49.1 Å². The van der Waals surface area contributed by atoms with Gasteiger partial charge < -0.3 is 19.4 Å². The number of hydrogen-bond acceptors (Lipinski definition) is 4. The van der Waals surface area contributed by atoms with E-state index in [1.807, 2.05) is 4.90 Å². The summed E-state index contributed by atoms with van der Waals surface area (Å²) in [6.45, 7) is 2.20. The summed E-state index contributed by atoms with van der Waals surface area (Å²) in [4.78, 5) is 27.3. The van der Waals surface area contributed by atoms with Crippen molar-refractivity contribution in [3.8, 4) is 0 Å². The molecule has 0 aromatic carbocycles. The number of nitrogens with zero attached hydrogens (tertiary/aromatic N) is 1. The Morgan fingerprint density at radius 2 is 2.04 bits per heavy atom. The summed E-state index contributed by atoms with van der Waals surface area (Å²) < 4.78 is 11.5. The Kier molecular flexibility index (Phi) is 5.94. The van der Waals surface area contributed by atoms with Crippen LogP contribution in [0.25, 0.3) is 0 Å². The summed E-state index contributed by atoms with van der Waals surface area (Å²) in [6.07, 6.45) is 4.50. The number of hydrogen-bond donors (Lipinski definition) is 1. The molecule has 132 valence electrons. The van der Waals surface area contributed by atoms with Crippen LogP contribution in [0.15, 0.2) is 21.2 Å². The highest BCUT2D eigenvalue weighted by Gasteiger charge is 2.38. The predicted octanol–water partition coefficient (Wildman–Crippen LogP) is 2.58. The Labute approximate surface area is 150 Å². The van der Waals surface area contributed by atoms with E-state index in [-0.39, 0.29) is 23.8 Å². The van der Waals surface area contributed by atoms with Crippen LogP contribution in [0.1, 0.15) is 42.7 Å². The molecule has 1 aliphatic heterocycles. The monoisotopic (exact) mass is 398 g/mol. The molecule has 2 heterocycles. The maximum absolute atomic E-state index is 13.0. The van der Waals surface area contributed by atoms with Crippen molar-refractivity contribution in [3.05, 3.63) is 22.6 Å². The first-order valence-corrected chi connectivity index (χ1v) is 9.38. The van der Waals surface area contributed by atoms with Crippen LogP contribution in [0.5, 0.6) is 0 Å². The van der Waals surface area contributed by atoms with Crippen LogP contribution in [-0.2, 0) is 9.53 Å². The summed E-state index contributed by atoms with van der Waals surface area (Å²) in [7, 11) is 0. The molecule has 0 spiro atoms. The third-order valence-corrected chi connectivity index (χ3v) is 5.17. The Hall–Kier alpha value is -1.34. The molecule has 3 rings (SSSR count). The third kappa shape index (κ3) is 4.00. The molecule has 2 amide bonds. The zero-order chi connectivity index (χ0) is 16.9. The Morgan fingerprint density at radius 3 is 2.83 bits per heavy atom. The fourth-order valence-corrected chi connectivity index (χ4v) is 3.90. The molecule has 1 saturated heterocycles. The second-order valence-electron chi connectivity index (χ2n) is 6.32. The lowest BCUT2D eigenvalue weighted by Gasteiger charge is -2.38. The molecule has 1 aromatic rings. The SMILES string of the molecule is O=C1NCCOCCCN(C(=O)c2ccc(Br)o2)[C@H]2CCCC[C@@H]12. The lowest BCUT2D eigenvalue weighted by Crippen LogP contribution is -2.51. The van der Waals surface area contributed by atoms with Gasteiger partial charge in [-0.3, -0.25) is 9.59 Å². The standard InChI is InChI=1S/C17H23BrN2O4/c18-15-7-6-14(24-15)17(22)20-9-3-10-23-11-8-19-16(21)12-4-1-2-5-13(12)20/h6-7,12-13H,1-5,8-11H2,(H,19,21)/t12-,13+/m1/s1. The minimum Gasteiger partial charge on any atom is -0.444 e. The van der Waals surface area contributed by atoms with Crippen molar-refractivity contribution < 1.29 is 18.7 Å². The molecule has 1 aromatic heterocycles. The normalized spacial score (nSPS) is 26.2. The largest absolute Gasteiger partial charge is 0.444 e. The zero-order valence-corrected chi connectivity index (χ0v) is 15.2. The second kappa shape index (κ2) is 8.16. The van der Waals surface area contributed by atoms with Gasteiger partial charge in [0.1, 0.15) is 0 Å². The first kappa shape index (κ1) is 17.5. The van der Waals surface area contributed by atoms with Gasteiger partial charge >= 0.3 is 0 Å². The Morgan fingerprint density at radius 1 is 1.21 bits per heavy atom. The molecule has 6 nitrogen and oxygen atoms in total. The second-order valence-corrected chi connectivity index (χ2v) is 7.10. The van der Waals surface area contributed by atoms with Gasteiger partial charge in [0.2, 0.25) is 5.91 Å². The minimum absolute atomic E-state index is 0.0311. The maximum atomic E-state index is 13.0. The van der Waals surface area contributed by atoms with Crippen molar-refractivity contribution in [1.29, 1.82) is 0 Å². The first-order chi connectivity index (χ1) is 11.7. The van der Waals surface area contributed by atoms with Crippen LogP contribution in [0.3, 0.4) is 0 Å². The molecule has 2 fully saturated rings. The van der Waals surface area contributed by atoms with Crippen LogP contribution < -0.4 is 5.32 Å². The van der Waals surface area contributed by atoms with E-state index in [1.165, 1.54) is 0 Å². The first-order valence-electron chi connectivity index (χ1n) is 8.58. The van der Waals surface area contributed by atoms with E-state index >= 15 is 0 Å². The summed E-state index contributed by atoms with van der Waals surface area (Å²) >= 11 is 3.24. The number of fused-ring (bicyclic) bond motifs is 1. The Balaban J connectivity index is 1.86. The molecule has 0 radical (unpaired) electrons. The van der Waals surface area contributed by atoms with Crippen LogP contribution in [0.2, 0.25) is 0 Å². The van der Waals surface area contributed by atoms with Gasteiger partial charge in [-0.2, -0.15) is 0 Å². The van der Waals surface area contributed by atoms with Gasteiger partial charge in [0.25, 0.3) is 5.91 Å². The van der Waals surface area contributed by atoms with Crippen LogP contribution >= 0.6 is 15.9 Å². The average molecular weight is 399 g/mol. The zero-order valence-electron chi connectivity index (χ0n) is 13.6. The van der Waals surface area contributed by atoms with E-state index in [4.69, 9.17) is 9.15 Å². The lowest BCUT2D eigenvalue weighted by molar-refractivity contribution is -0.128. The van der Waals surface area contributed by atoms with Crippen LogP contribution in [0.4, 0.5) is 0 Å². The number of ether oxygens (including phenoxy) is 1. The number of nitrogens with one attached hydrogen (secondary N) is 1. The number of rotatable bonds is 1. The van der Waals surface area contributed by atoms with Crippen molar-refractivity contribution in [1.82, 2.24) is 10.2 Å². The van der Waals surface area contributed by atoms with Crippen LogP contribution in [0, 0.1) is 5.92 Å². The highest BCUT2D eigenvalue weighted by molar-refractivity contribution is 9.10. The molecule has 2 atom stereocenters. The number of amides is 2. The van der Waals surface area contributed by atoms with Gasteiger partial charge in [0.05, 0.1) is 12.5 Å². The molecule has 1 N–H and O–H groups in total. The van der Waals surface area contributed by atoms with E-state index in [2.05, 4.69) is 21.2 Å². The third-order valence-electron chi connectivity index (χ3n) is 4.74. The van der Waals surface area contributed by atoms with E-state index < -0.39 is 0 Å². The van der Waals surface area contributed by atoms with Gasteiger partial charge in [-0.15, -0.1) is 0 Å². The maximum Gasteiger partial charge on any atom is 0.289 e. The summed E-state index contributed by atoms with van der Waals surface area (Å²) in [5, 5.41) is 2.95. The lowest BCUT2D eigenvalue weighted by atomic mass is 9.82. The molecule has 1 aliphatic carbocycles. The fourth-order valence-electron chi connectivity index (χ4n) is 3.60. The predicted molar refractivity (Wildman–Crippen MR) is 91.6 cm³/mol. The van der Waals surface area contributed by atoms with E-state index in [1.54, 1.807) is 12.1 Å². The van der Waals surface area contributed by atoms with E-state index in [0.29, 0.717) is 36.7 Å². The molecule has 24 heavy (non-hydrogen) atoms. The van der Waals surface area contributed by atoms with Gasteiger partial charge in [-0.25, -0.2) is 0 Å². The number of carbonyl (C=O) groups excluding carboxylic acids is 2. The minimum atomic E-state index is -0.154. The summed E-state index contributed by atoms with van der Waals surface area (Å²) in [5.74, 6) is 0.0369. The molecule has 0 unspecified atom stereocenters. The van der Waals surface area contributed by atoms with Crippen molar-refractivity contribution in [3.63, 3.8) is 0 Å². The van der Waals surface area contributed by atoms with E-state index in [0.717, 1.165) is 32.1 Å². The Bertz CT molecular complexity index is 589. The van der Waals surface area contributed by atoms with E-state index in [9.17, 15) is 9.59 Å². The average Bonchev–Trinajstić information content (AvgIpc) is 3.01. The highest BCUT2D eigenvalue weighted by atomic mass is 79.9. The molecular formula is C17H23BrN2O4. The number of carbonyl (C=O) groups is 2. The van der Waals surface area contributed by atoms with Crippen molar-refractivity contribution in [2.24, 2.45) is 5.92 Å². The smallest absolute Gasteiger partial charge is 0.289 e. The highest BCUT2D eigenvalue weighted by Crippen LogP contribution is 2.30. The fraction of sp³-hybridized carbons (Fsp3) is 0.647. The molecule has 2 aliphatic rings. The quantitative estimate of drug-likeness (QED) is 0.788. The number of halogens is 1. The number of furan rings is 1. The molecule has 0 bridgehead atoms. The van der Waals surface area contributed by atoms with Gasteiger partial charge in [-0.1, -0.05) is 12.8 Å². The summed E-state index contributed by atoms with van der Waals surface area (Å²) in [5.41, 5.74) is 0. The molecular weight excluding hydrogens is 376 g/mol. The van der Waals surface area contributed by atoms with Crippen molar-refractivity contribution in [2.45, 2.75) is 38.1 Å². The van der Waals surface area contributed by atoms with Crippen molar-refractivity contribution in [2.75, 3.05) is 26.3 Å². The molecule has 7 heteroatoms. The summed E-state index contributed by atoms with van der Waals surface area (Å²) in [6, 6.07) is 3.31. The topological polar surface area (TPSA) is 71.8 Å². The van der Waals surface area contributed by atoms with Crippen molar-refractivity contribution >= 4 is 27.7 Å².